The number of rotatable bonds is 5. The van der Waals surface area contributed by atoms with Crippen LogP contribution >= 0.6 is 0 Å². The summed E-state index contributed by atoms with van der Waals surface area (Å²) in [6, 6.07) is 0.631. The van der Waals surface area contributed by atoms with Crippen molar-refractivity contribution < 1.29 is 4.79 Å². The number of hydrogen-bond donors (Lipinski definition) is 1. The largest absolute Gasteiger partial charge is 0.344 e. The highest BCUT2D eigenvalue weighted by molar-refractivity contribution is 5.78. The van der Waals surface area contributed by atoms with Gasteiger partial charge in [-0.05, 0) is 74.5 Å². The van der Waals surface area contributed by atoms with Gasteiger partial charge < -0.3 is 10.2 Å². The molecule has 0 unspecified atom stereocenters. The summed E-state index contributed by atoms with van der Waals surface area (Å²) in [5.74, 6) is 3.24. The summed E-state index contributed by atoms with van der Waals surface area (Å²) >= 11 is 0. The van der Waals surface area contributed by atoms with Crippen LogP contribution in [0.4, 0.5) is 0 Å². The minimum Gasteiger partial charge on any atom is -0.344 e. The van der Waals surface area contributed by atoms with E-state index in [-0.39, 0.29) is 0 Å². The molecule has 0 aliphatic heterocycles. The second kappa shape index (κ2) is 4.72. The molecule has 112 valence electrons. The van der Waals surface area contributed by atoms with E-state index < -0.39 is 0 Å². The normalized spacial score (nSPS) is 42.0. The van der Waals surface area contributed by atoms with Gasteiger partial charge >= 0.3 is 0 Å². The summed E-state index contributed by atoms with van der Waals surface area (Å²) in [4.78, 5) is 14.3. The van der Waals surface area contributed by atoms with Gasteiger partial charge in [0.25, 0.3) is 0 Å². The molecule has 0 aromatic rings. The fourth-order valence-electron chi connectivity index (χ4n) is 5.73. The molecule has 0 saturated heterocycles. The highest BCUT2D eigenvalue weighted by Crippen LogP contribution is 2.60. The van der Waals surface area contributed by atoms with Gasteiger partial charge in [-0.1, -0.05) is 0 Å². The first-order valence-corrected chi connectivity index (χ1v) is 8.59. The molecule has 5 fully saturated rings. The van der Waals surface area contributed by atoms with Gasteiger partial charge in [-0.3, -0.25) is 4.79 Å². The zero-order valence-corrected chi connectivity index (χ0v) is 12.7. The van der Waals surface area contributed by atoms with Crippen LogP contribution in [0.5, 0.6) is 0 Å². The second-order valence-electron chi connectivity index (χ2n) is 8.32. The fourth-order valence-corrected chi connectivity index (χ4v) is 5.73. The molecule has 1 N–H and O–H groups in total. The number of carbonyl (C=O) groups excluding carboxylic acids is 1. The van der Waals surface area contributed by atoms with Crippen LogP contribution < -0.4 is 5.32 Å². The Morgan fingerprint density at radius 2 is 1.65 bits per heavy atom. The van der Waals surface area contributed by atoms with Crippen molar-refractivity contribution in [1.29, 1.82) is 0 Å². The first kappa shape index (κ1) is 13.1. The lowest BCUT2D eigenvalue weighted by atomic mass is 9.49. The second-order valence-corrected chi connectivity index (χ2v) is 8.32. The molecular formula is C17H28N2O. The van der Waals surface area contributed by atoms with Crippen molar-refractivity contribution >= 4 is 5.91 Å². The van der Waals surface area contributed by atoms with Gasteiger partial charge in [0, 0.05) is 19.6 Å². The molecule has 0 atom stereocenters. The predicted octanol–water partition coefficient (Wildman–Crippen LogP) is 2.41. The minimum atomic E-state index is 0.299. The van der Waals surface area contributed by atoms with Crippen molar-refractivity contribution in [2.75, 3.05) is 20.1 Å². The Labute approximate surface area is 122 Å². The van der Waals surface area contributed by atoms with Crippen LogP contribution in [0.1, 0.15) is 51.4 Å². The average molecular weight is 276 g/mol. The summed E-state index contributed by atoms with van der Waals surface area (Å²) in [6.07, 6.45) is 11.2. The van der Waals surface area contributed by atoms with Crippen LogP contribution in [-0.4, -0.2) is 37.0 Å². The Morgan fingerprint density at radius 3 is 2.15 bits per heavy atom. The van der Waals surface area contributed by atoms with Crippen LogP contribution in [0.3, 0.4) is 0 Å². The Bertz CT molecular complexity index is 367. The topological polar surface area (TPSA) is 32.3 Å². The highest BCUT2D eigenvalue weighted by Gasteiger charge is 2.51. The average Bonchev–Trinajstić information content (AvgIpc) is 3.17. The van der Waals surface area contributed by atoms with Gasteiger partial charge in [0.05, 0.1) is 6.54 Å². The molecule has 20 heavy (non-hydrogen) atoms. The van der Waals surface area contributed by atoms with E-state index in [1.807, 2.05) is 11.9 Å². The van der Waals surface area contributed by atoms with Gasteiger partial charge in [0.15, 0.2) is 0 Å². The monoisotopic (exact) mass is 276 g/mol. The zero-order valence-electron chi connectivity index (χ0n) is 12.7. The molecule has 5 rings (SSSR count). The first-order chi connectivity index (χ1) is 9.62. The highest BCUT2D eigenvalue weighted by atomic mass is 16.2. The lowest BCUT2D eigenvalue weighted by Gasteiger charge is -2.57. The summed E-state index contributed by atoms with van der Waals surface area (Å²) in [6.45, 7) is 1.56. The van der Waals surface area contributed by atoms with E-state index >= 15 is 0 Å². The molecule has 0 heterocycles. The summed E-state index contributed by atoms with van der Waals surface area (Å²) < 4.78 is 0. The lowest BCUT2D eigenvalue weighted by Crippen LogP contribution is -2.52. The van der Waals surface area contributed by atoms with Crippen molar-refractivity contribution in [3.05, 3.63) is 0 Å². The molecular weight excluding hydrogens is 248 g/mol. The van der Waals surface area contributed by atoms with Crippen LogP contribution in [0.2, 0.25) is 0 Å². The molecule has 1 amide bonds. The Morgan fingerprint density at radius 1 is 1.10 bits per heavy atom. The van der Waals surface area contributed by atoms with Gasteiger partial charge in [-0.25, -0.2) is 0 Å². The molecule has 4 bridgehead atoms. The van der Waals surface area contributed by atoms with Gasteiger partial charge in [-0.15, -0.1) is 0 Å². The van der Waals surface area contributed by atoms with Crippen LogP contribution in [0, 0.1) is 23.2 Å². The number of hydrogen-bond acceptors (Lipinski definition) is 2. The summed E-state index contributed by atoms with van der Waals surface area (Å²) in [5.41, 5.74) is 0.485. The quantitative estimate of drug-likeness (QED) is 0.836. The third kappa shape index (κ3) is 2.49. The van der Waals surface area contributed by atoms with Crippen molar-refractivity contribution in [1.82, 2.24) is 10.2 Å². The van der Waals surface area contributed by atoms with Gasteiger partial charge in [0.2, 0.25) is 5.91 Å². The van der Waals surface area contributed by atoms with Crippen molar-refractivity contribution in [3.63, 3.8) is 0 Å². The van der Waals surface area contributed by atoms with E-state index in [0.717, 1.165) is 24.3 Å². The molecule has 5 aliphatic rings. The zero-order chi connectivity index (χ0) is 13.7. The SMILES string of the molecule is CN(CC12CC3CC(CC(C3)C1)C2)C(=O)CNC1CC1. The van der Waals surface area contributed by atoms with E-state index in [1.54, 1.807) is 0 Å². The maximum absolute atomic E-state index is 12.3. The third-order valence-electron chi connectivity index (χ3n) is 6.28. The fraction of sp³-hybridized carbons (Fsp3) is 0.941. The number of carbonyl (C=O) groups is 1. The summed E-state index contributed by atoms with van der Waals surface area (Å²) in [7, 11) is 2.02. The molecule has 0 radical (unpaired) electrons. The lowest BCUT2D eigenvalue weighted by molar-refractivity contribution is -0.134. The molecule has 5 saturated carbocycles. The third-order valence-corrected chi connectivity index (χ3v) is 6.28. The smallest absolute Gasteiger partial charge is 0.236 e. The number of likely N-dealkylation sites (N-methyl/N-ethyl adjacent to an activating group) is 1. The Kier molecular flexibility index (Phi) is 3.10. The van der Waals surface area contributed by atoms with Gasteiger partial charge in [0.1, 0.15) is 0 Å². The van der Waals surface area contributed by atoms with Crippen LogP contribution in [0.15, 0.2) is 0 Å². The van der Waals surface area contributed by atoms with Crippen molar-refractivity contribution in [2.45, 2.75) is 57.4 Å². The van der Waals surface area contributed by atoms with E-state index in [1.165, 1.54) is 51.4 Å². The molecule has 3 heteroatoms. The Balaban J connectivity index is 1.36. The number of amides is 1. The molecule has 0 spiro atoms. The number of nitrogens with one attached hydrogen (secondary N) is 1. The minimum absolute atomic E-state index is 0.299. The van der Waals surface area contributed by atoms with Crippen molar-refractivity contribution in [2.24, 2.45) is 23.2 Å². The van der Waals surface area contributed by atoms with Crippen LogP contribution in [0.25, 0.3) is 0 Å². The van der Waals surface area contributed by atoms with Crippen molar-refractivity contribution in [3.8, 4) is 0 Å². The van der Waals surface area contributed by atoms with E-state index in [0.29, 0.717) is 23.9 Å². The molecule has 5 aliphatic carbocycles. The number of nitrogens with zero attached hydrogens (tertiary/aromatic N) is 1. The molecule has 0 aromatic heterocycles. The Hall–Kier alpha value is -0.570. The molecule has 3 nitrogen and oxygen atoms in total. The predicted molar refractivity (Wildman–Crippen MR) is 79.3 cm³/mol. The standard InChI is InChI=1S/C17H28N2O/c1-19(16(20)10-18-15-2-3-15)11-17-7-12-4-13(8-17)6-14(5-12)9-17/h12-15,18H,2-11H2,1H3. The first-order valence-electron chi connectivity index (χ1n) is 8.59. The maximum Gasteiger partial charge on any atom is 0.236 e. The molecule has 0 aromatic carbocycles. The summed E-state index contributed by atoms with van der Waals surface area (Å²) in [5, 5.41) is 3.35. The van der Waals surface area contributed by atoms with E-state index in [2.05, 4.69) is 5.32 Å². The van der Waals surface area contributed by atoms with Crippen LogP contribution in [-0.2, 0) is 4.79 Å². The maximum atomic E-state index is 12.3. The van der Waals surface area contributed by atoms with E-state index in [4.69, 9.17) is 0 Å². The van der Waals surface area contributed by atoms with E-state index in [9.17, 15) is 4.79 Å². The van der Waals surface area contributed by atoms with Gasteiger partial charge in [-0.2, -0.15) is 0 Å².